The maximum absolute atomic E-state index is 5.82. The second kappa shape index (κ2) is 6.07. The molecule has 0 spiro atoms. The highest BCUT2D eigenvalue weighted by molar-refractivity contribution is 5.40. The number of aromatic nitrogens is 3. The molecule has 1 heterocycles. The zero-order valence-corrected chi connectivity index (χ0v) is 11.8. The molecule has 1 saturated carbocycles. The van der Waals surface area contributed by atoms with Crippen LogP contribution in [0.3, 0.4) is 0 Å². The lowest BCUT2D eigenvalue weighted by atomic mass is 9.95. The Balaban J connectivity index is 1.67. The van der Waals surface area contributed by atoms with Gasteiger partial charge in [-0.2, -0.15) is 0 Å². The molecule has 1 aliphatic rings. The molecule has 0 amide bonds. The Labute approximate surface area is 120 Å². The molecule has 2 aromatic rings. The van der Waals surface area contributed by atoms with E-state index in [0.29, 0.717) is 6.04 Å². The number of nitrogens with two attached hydrogens (primary N) is 1. The third-order valence-electron chi connectivity index (χ3n) is 4.20. The Hall–Kier alpha value is -1.84. The summed E-state index contributed by atoms with van der Waals surface area (Å²) in [5.74, 6) is 1.11. The number of hydrogen-bond acceptors (Lipinski definition) is 3. The smallest absolute Gasteiger partial charge is 0.133 e. The lowest BCUT2D eigenvalue weighted by Gasteiger charge is -2.24. The van der Waals surface area contributed by atoms with Gasteiger partial charge in [0, 0.05) is 18.2 Å². The van der Waals surface area contributed by atoms with Crippen molar-refractivity contribution in [2.45, 2.75) is 51.0 Å². The summed E-state index contributed by atoms with van der Waals surface area (Å²) in [5, 5.41) is 8.43. The fourth-order valence-electron chi connectivity index (χ4n) is 3.11. The summed E-state index contributed by atoms with van der Waals surface area (Å²) in [6.45, 7) is 0. The first-order valence-corrected chi connectivity index (χ1v) is 7.56. The van der Waals surface area contributed by atoms with E-state index in [1.807, 2.05) is 24.5 Å². The highest BCUT2D eigenvalue weighted by atomic mass is 15.3. The summed E-state index contributed by atoms with van der Waals surface area (Å²) in [7, 11) is 0. The van der Waals surface area contributed by atoms with Crippen LogP contribution in [0.5, 0.6) is 0 Å². The summed E-state index contributed by atoms with van der Waals surface area (Å²) < 4.78 is 2.30. The second-order valence-electron chi connectivity index (χ2n) is 5.69. The van der Waals surface area contributed by atoms with Gasteiger partial charge in [0.05, 0.1) is 0 Å². The molecule has 1 aromatic carbocycles. The SMILES string of the molecule is Nc1cccc(CCc2nncn2C2CCCCC2)c1. The molecule has 3 rings (SSSR count). The number of nitrogen functional groups attached to an aromatic ring is 1. The first-order chi connectivity index (χ1) is 9.83. The molecule has 0 bridgehead atoms. The lowest BCUT2D eigenvalue weighted by molar-refractivity contribution is 0.345. The van der Waals surface area contributed by atoms with Crippen molar-refractivity contribution in [2.24, 2.45) is 0 Å². The third kappa shape index (κ3) is 3.00. The Bertz CT molecular complexity index is 555. The van der Waals surface area contributed by atoms with Gasteiger partial charge in [0.2, 0.25) is 0 Å². The predicted octanol–water partition coefficient (Wildman–Crippen LogP) is 3.15. The number of benzene rings is 1. The largest absolute Gasteiger partial charge is 0.399 e. The topological polar surface area (TPSA) is 56.7 Å². The normalized spacial score (nSPS) is 16.4. The van der Waals surface area contributed by atoms with Crippen LogP contribution in [-0.2, 0) is 12.8 Å². The molecular weight excluding hydrogens is 248 g/mol. The summed E-state index contributed by atoms with van der Waals surface area (Å²) in [5.41, 5.74) is 7.92. The first-order valence-electron chi connectivity index (χ1n) is 7.56. The van der Waals surface area contributed by atoms with E-state index in [9.17, 15) is 0 Å². The summed E-state index contributed by atoms with van der Waals surface area (Å²) in [4.78, 5) is 0. The van der Waals surface area contributed by atoms with Crippen LogP contribution in [0.1, 0.15) is 49.5 Å². The van der Waals surface area contributed by atoms with Gasteiger partial charge in [-0.25, -0.2) is 0 Å². The second-order valence-corrected chi connectivity index (χ2v) is 5.69. The van der Waals surface area contributed by atoms with Crippen molar-refractivity contribution >= 4 is 5.69 Å². The maximum Gasteiger partial charge on any atom is 0.133 e. The van der Waals surface area contributed by atoms with Gasteiger partial charge in [-0.3, -0.25) is 0 Å². The van der Waals surface area contributed by atoms with Gasteiger partial charge in [-0.05, 0) is 37.0 Å². The van der Waals surface area contributed by atoms with Gasteiger partial charge in [-0.15, -0.1) is 10.2 Å². The summed E-state index contributed by atoms with van der Waals surface area (Å²) in [6, 6.07) is 8.71. The molecule has 106 valence electrons. The van der Waals surface area contributed by atoms with Gasteiger partial charge in [0.25, 0.3) is 0 Å². The highest BCUT2D eigenvalue weighted by Gasteiger charge is 2.18. The highest BCUT2D eigenvalue weighted by Crippen LogP contribution is 2.28. The van der Waals surface area contributed by atoms with Crippen LogP contribution in [0, 0.1) is 0 Å². The number of anilines is 1. The molecule has 0 radical (unpaired) electrons. The lowest BCUT2D eigenvalue weighted by Crippen LogP contribution is -2.15. The summed E-state index contributed by atoms with van der Waals surface area (Å²) in [6.07, 6.45) is 10.4. The zero-order valence-electron chi connectivity index (χ0n) is 11.8. The fraction of sp³-hybridized carbons (Fsp3) is 0.500. The van der Waals surface area contributed by atoms with Crippen LogP contribution >= 0.6 is 0 Å². The van der Waals surface area contributed by atoms with Gasteiger partial charge in [-0.1, -0.05) is 31.4 Å². The molecule has 4 nitrogen and oxygen atoms in total. The summed E-state index contributed by atoms with van der Waals surface area (Å²) >= 11 is 0. The average molecular weight is 270 g/mol. The van der Waals surface area contributed by atoms with E-state index in [1.54, 1.807) is 0 Å². The number of aryl methyl sites for hydroxylation is 2. The monoisotopic (exact) mass is 270 g/mol. The maximum atomic E-state index is 5.82. The van der Waals surface area contributed by atoms with Crippen LogP contribution in [-0.4, -0.2) is 14.8 Å². The molecule has 20 heavy (non-hydrogen) atoms. The van der Waals surface area contributed by atoms with E-state index < -0.39 is 0 Å². The van der Waals surface area contributed by atoms with Crippen molar-refractivity contribution in [1.29, 1.82) is 0 Å². The van der Waals surface area contributed by atoms with Crippen molar-refractivity contribution in [3.05, 3.63) is 42.0 Å². The molecular formula is C16H22N4. The van der Waals surface area contributed by atoms with Gasteiger partial charge in [0.15, 0.2) is 0 Å². The third-order valence-corrected chi connectivity index (χ3v) is 4.20. The molecule has 2 N–H and O–H groups in total. The predicted molar refractivity (Wildman–Crippen MR) is 80.4 cm³/mol. The van der Waals surface area contributed by atoms with Gasteiger partial charge < -0.3 is 10.3 Å². The van der Waals surface area contributed by atoms with Crippen molar-refractivity contribution in [1.82, 2.24) is 14.8 Å². The Morgan fingerprint density at radius 1 is 1.15 bits per heavy atom. The van der Waals surface area contributed by atoms with E-state index >= 15 is 0 Å². The Kier molecular flexibility index (Phi) is 4.00. The Morgan fingerprint density at radius 2 is 2.00 bits per heavy atom. The van der Waals surface area contributed by atoms with E-state index in [4.69, 9.17) is 5.73 Å². The Morgan fingerprint density at radius 3 is 2.80 bits per heavy atom. The minimum Gasteiger partial charge on any atom is -0.399 e. The minimum atomic E-state index is 0.606. The minimum absolute atomic E-state index is 0.606. The number of hydrogen-bond donors (Lipinski definition) is 1. The first kappa shape index (κ1) is 13.2. The van der Waals surface area contributed by atoms with Gasteiger partial charge in [0.1, 0.15) is 12.2 Å². The fourth-order valence-corrected chi connectivity index (χ4v) is 3.11. The van der Waals surface area contributed by atoms with Crippen molar-refractivity contribution < 1.29 is 0 Å². The van der Waals surface area contributed by atoms with Crippen molar-refractivity contribution in [3.63, 3.8) is 0 Å². The van der Waals surface area contributed by atoms with E-state index in [0.717, 1.165) is 24.4 Å². The quantitative estimate of drug-likeness (QED) is 0.868. The molecule has 0 atom stereocenters. The van der Waals surface area contributed by atoms with Crippen LogP contribution in [0.15, 0.2) is 30.6 Å². The van der Waals surface area contributed by atoms with Gasteiger partial charge >= 0.3 is 0 Å². The number of nitrogens with zero attached hydrogens (tertiary/aromatic N) is 3. The van der Waals surface area contributed by atoms with Crippen molar-refractivity contribution in [3.8, 4) is 0 Å². The van der Waals surface area contributed by atoms with Crippen molar-refractivity contribution in [2.75, 3.05) is 5.73 Å². The molecule has 1 fully saturated rings. The molecule has 0 saturated heterocycles. The van der Waals surface area contributed by atoms with Crippen LogP contribution in [0.4, 0.5) is 5.69 Å². The van der Waals surface area contributed by atoms with E-state index in [-0.39, 0.29) is 0 Å². The molecule has 0 aliphatic heterocycles. The zero-order chi connectivity index (χ0) is 13.8. The standard InChI is InChI=1S/C16H22N4/c17-14-6-4-5-13(11-14)9-10-16-19-18-12-20(16)15-7-2-1-3-8-15/h4-6,11-12,15H,1-3,7-10,17H2. The van der Waals surface area contributed by atoms with Crippen LogP contribution in [0.25, 0.3) is 0 Å². The average Bonchev–Trinajstić information content (AvgIpc) is 2.95. The van der Waals surface area contributed by atoms with E-state index in [1.165, 1.54) is 37.7 Å². The number of rotatable bonds is 4. The molecule has 1 aromatic heterocycles. The molecule has 0 unspecified atom stereocenters. The molecule has 4 heteroatoms. The van der Waals surface area contributed by atoms with E-state index in [2.05, 4.69) is 20.8 Å². The van der Waals surface area contributed by atoms with Crippen LogP contribution in [0.2, 0.25) is 0 Å². The van der Waals surface area contributed by atoms with Crippen LogP contribution < -0.4 is 5.73 Å². The molecule has 1 aliphatic carbocycles.